The van der Waals surface area contributed by atoms with Crippen molar-refractivity contribution in [3.05, 3.63) is 91.4 Å². The van der Waals surface area contributed by atoms with E-state index in [0.717, 1.165) is 16.8 Å². The summed E-state index contributed by atoms with van der Waals surface area (Å²) in [5, 5.41) is 3.94. The molecular formula is C24H18ClIN2O3S. The van der Waals surface area contributed by atoms with Crippen LogP contribution in [0.2, 0.25) is 5.02 Å². The van der Waals surface area contributed by atoms with Crippen LogP contribution in [0.25, 0.3) is 6.08 Å². The minimum Gasteiger partial charge on any atom is -0.493 e. The number of hydrogen-bond donors (Lipinski definition) is 1. The number of amides is 1. The summed E-state index contributed by atoms with van der Waals surface area (Å²) in [6.07, 6.45) is 1.80. The van der Waals surface area contributed by atoms with E-state index < -0.39 is 0 Å². The fourth-order valence-corrected chi connectivity index (χ4v) is 4.23. The molecule has 0 bridgehead atoms. The summed E-state index contributed by atoms with van der Waals surface area (Å²) in [4.78, 5) is 17.4. The van der Waals surface area contributed by atoms with Gasteiger partial charge in [0.15, 0.2) is 16.7 Å². The molecule has 1 fully saturated rings. The first-order chi connectivity index (χ1) is 15.5. The molecule has 1 N–H and O–H groups in total. The molecular weight excluding hydrogens is 559 g/mol. The molecule has 0 unspecified atom stereocenters. The standard InChI is InChI=1S/C24H18ClIN2O3S/c1-30-21-12-16(4-11-20(21)31-14-15-2-7-18(26)8-3-15)13-22-23(29)28-24(32-22)27-19-9-5-17(25)6-10-19/h2-13H,14H2,1H3,(H,27,28,29)/b22-13-. The minimum atomic E-state index is -0.194. The second-order valence-corrected chi connectivity index (χ2v) is 9.50. The average molecular weight is 577 g/mol. The van der Waals surface area contributed by atoms with Crippen molar-refractivity contribution in [3.8, 4) is 11.5 Å². The molecule has 0 aromatic heterocycles. The smallest absolute Gasteiger partial charge is 0.264 e. The second-order valence-electron chi connectivity index (χ2n) is 6.78. The highest BCUT2D eigenvalue weighted by atomic mass is 127. The predicted molar refractivity (Wildman–Crippen MR) is 139 cm³/mol. The first kappa shape index (κ1) is 22.7. The van der Waals surface area contributed by atoms with E-state index in [-0.39, 0.29) is 5.91 Å². The van der Waals surface area contributed by atoms with Gasteiger partial charge >= 0.3 is 0 Å². The van der Waals surface area contributed by atoms with Crippen molar-refractivity contribution in [3.63, 3.8) is 0 Å². The average Bonchev–Trinajstić information content (AvgIpc) is 3.13. The number of ether oxygens (including phenoxy) is 2. The van der Waals surface area contributed by atoms with Crippen LogP contribution in [0, 0.1) is 3.57 Å². The van der Waals surface area contributed by atoms with Crippen molar-refractivity contribution in [1.29, 1.82) is 0 Å². The summed E-state index contributed by atoms with van der Waals surface area (Å²) in [5.74, 6) is 1.05. The zero-order valence-corrected chi connectivity index (χ0v) is 20.7. The highest BCUT2D eigenvalue weighted by Crippen LogP contribution is 2.32. The van der Waals surface area contributed by atoms with Crippen molar-refractivity contribution < 1.29 is 14.3 Å². The Kier molecular flexibility index (Phi) is 7.39. The van der Waals surface area contributed by atoms with Gasteiger partial charge in [0.25, 0.3) is 5.91 Å². The van der Waals surface area contributed by atoms with E-state index in [2.05, 4.69) is 32.9 Å². The quantitative estimate of drug-likeness (QED) is 0.272. The number of methoxy groups -OCH3 is 1. The molecule has 5 nitrogen and oxygen atoms in total. The van der Waals surface area contributed by atoms with Crippen molar-refractivity contribution in [2.75, 3.05) is 7.11 Å². The third kappa shape index (κ3) is 5.85. The Bertz CT molecular complexity index is 1190. The van der Waals surface area contributed by atoms with Crippen LogP contribution < -0.4 is 14.8 Å². The highest BCUT2D eigenvalue weighted by Gasteiger charge is 2.24. The Labute approximate surface area is 209 Å². The van der Waals surface area contributed by atoms with Crippen molar-refractivity contribution in [1.82, 2.24) is 5.32 Å². The summed E-state index contributed by atoms with van der Waals surface area (Å²) < 4.78 is 12.6. The molecule has 32 heavy (non-hydrogen) atoms. The molecule has 1 saturated heterocycles. The molecule has 0 atom stereocenters. The summed E-state index contributed by atoms with van der Waals surface area (Å²) in [7, 11) is 1.60. The van der Waals surface area contributed by atoms with Crippen LogP contribution in [0.5, 0.6) is 11.5 Å². The van der Waals surface area contributed by atoms with Crippen LogP contribution in [-0.2, 0) is 11.4 Å². The van der Waals surface area contributed by atoms with E-state index >= 15 is 0 Å². The summed E-state index contributed by atoms with van der Waals surface area (Å²) >= 11 is 9.46. The maximum atomic E-state index is 12.4. The Morgan fingerprint density at radius 2 is 1.81 bits per heavy atom. The number of halogens is 2. The number of hydrogen-bond acceptors (Lipinski definition) is 5. The van der Waals surface area contributed by atoms with Gasteiger partial charge in [0.1, 0.15) is 6.61 Å². The molecule has 0 spiro atoms. The van der Waals surface area contributed by atoms with E-state index in [1.807, 2.05) is 42.5 Å². The number of carbonyl (C=O) groups is 1. The number of benzene rings is 3. The maximum Gasteiger partial charge on any atom is 0.264 e. The molecule has 162 valence electrons. The van der Waals surface area contributed by atoms with Crippen LogP contribution in [0.15, 0.2) is 76.6 Å². The Hall–Kier alpha value is -2.49. The Morgan fingerprint density at radius 3 is 2.53 bits per heavy atom. The summed E-state index contributed by atoms with van der Waals surface area (Å²) in [6, 6.07) is 20.8. The summed E-state index contributed by atoms with van der Waals surface area (Å²) in [6.45, 7) is 0.441. The highest BCUT2D eigenvalue weighted by molar-refractivity contribution is 14.1. The second kappa shape index (κ2) is 10.4. The van der Waals surface area contributed by atoms with Gasteiger partial charge in [-0.3, -0.25) is 4.79 Å². The van der Waals surface area contributed by atoms with Gasteiger partial charge in [-0.05, 0) is 100 Å². The number of carbonyl (C=O) groups excluding carboxylic acids is 1. The van der Waals surface area contributed by atoms with E-state index in [0.29, 0.717) is 33.2 Å². The van der Waals surface area contributed by atoms with Crippen LogP contribution >= 0.6 is 46.0 Å². The monoisotopic (exact) mass is 576 g/mol. The van der Waals surface area contributed by atoms with Gasteiger partial charge in [-0.1, -0.05) is 29.8 Å². The van der Waals surface area contributed by atoms with E-state index in [1.165, 1.54) is 15.3 Å². The number of nitrogens with zero attached hydrogens (tertiary/aromatic N) is 1. The molecule has 3 aromatic rings. The zero-order valence-electron chi connectivity index (χ0n) is 17.0. The van der Waals surface area contributed by atoms with Gasteiger partial charge < -0.3 is 14.8 Å². The van der Waals surface area contributed by atoms with Crippen LogP contribution in [0.4, 0.5) is 5.69 Å². The zero-order chi connectivity index (χ0) is 22.5. The van der Waals surface area contributed by atoms with Gasteiger partial charge in [-0.25, -0.2) is 4.99 Å². The van der Waals surface area contributed by atoms with Crippen LogP contribution in [0.1, 0.15) is 11.1 Å². The van der Waals surface area contributed by atoms with Gasteiger partial charge in [-0.2, -0.15) is 0 Å². The lowest BCUT2D eigenvalue weighted by atomic mass is 10.2. The third-order valence-electron chi connectivity index (χ3n) is 4.50. The number of nitrogens with one attached hydrogen (secondary N) is 1. The first-order valence-corrected chi connectivity index (χ1v) is 11.9. The molecule has 0 aliphatic carbocycles. The van der Waals surface area contributed by atoms with Crippen LogP contribution in [-0.4, -0.2) is 18.2 Å². The fourth-order valence-electron chi connectivity index (χ4n) is 2.90. The van der Waals surface area contributed by atoms with Crippen molar-refractivity contribution in [2.45, 2.75) is 6.61 Å². The summed E-state index contributed by atoms with van der Waals surface area (Å²) in [5.41, 5.74) is 2.62. The number of rotatable bonds is 6. The molecule has 1 amide bonds. The molecule has 3 aromatic carbocycles. The number of aliphatic imine (C=N–C) groups is 1. The third-order valence-corrected chi connectivity index (χ3v) is 6.38. The van der Waals surface area contributed by atoms with E-state index in [4.69, 9.17) is 21.1 Å². The van der Waals surface area contributed by atoms with E-state index in [9.17, 15) is 4.79 Å². The molecule has 8 heteroatoms. The van der Waals surface area contributed by atoms with Gasteiger partial charge in [0.05, 0.1) is 17.7 Å². The predicted octanol–water partition coefficient (Wildman–Crippen LogP) is 6.42. The lowest BCUT2D eigenvalue weighted by Crippen LogP contribution is -2.19. The lowest BCUT2D eigenvalue weighted by molar-refractivity contribution is -0.115. The maximum absolute atomic E-state index is 12.4. The van der Waals surface area contributed by atoms with Gasteiger partial charge in [0.2, 0.25) is 0 Å². The molecule has 0 saturated carbocycles. The molecule has 1 heterocycles. The van der Waals surface area contributed by atoms with Crippen LogP contribution in [0.3, 0.4) is 0 Å². The van der Waals surface area contributed by atoms with E-state index in [1.54, 1.807) is 37.5 Å². The first-order valence-electron chi connectivity index (χ1n) is 9.60. The minimum absolute atomic E-state index is 0.194. The largest absolute Gasteiger partial charge is 0.493 e. The lowest BCUT2D eigenvalue weighted by Gasteiger charge is -2.11. The topological polar surface area (TPSA) is 59.9 Å². The molecule has 4 rings (SSSR count). The molecule has 1 aliphatic rings. The normalized spacial score (nSPS) is 15.8. The van der Waals surface area contributed by atoms with Gasteiger partial charge in [0, 0.05) is 8.59 Å². The molecule has 1 aliphatic heterocycles. The van der Waals surface area contributed by atoms with Crippen molar-refractivity contribution in [2.24, 2.45) is 4.99 Å². The SMILES string of the molecule is COc1cc(/C=C2\SC(=Nc3ccc(Cl)cc3)NC2=O)ccc1OCc1ccc(I)cc1. The fraction of sp³-hybridized carbons (Fsp3) is 0.0833. The number of amidine groups is 1. The Balaban J connectivity index is 1.47. The van der Waals surface area contributed by atoms with Gasteiger partial charge in [-0.15, -0.1) is 0 Å². The number of thioether (sulfide) groups is 1. The van der Waals surface area contributed by atoms with Crippen molar-refractivity contribution >= 4 is 68.8 Å². The molecule has 0 radical (unpaired) electrons. The Morgan fingerprint density at radius 1 is 1.06 bits per heavy atom.